The van der Waals surface area contributed by atoms with Crippen molar-refractivity contribution in [3.8, 4) is 0 Å². The summed E-state index contributed by atoms with van der Waals surface area (Å²) in [5.41, 5.74) is 3.10. The maximum Gasteiger partial charge on any atom is 0.0907 e. The number of rotatable bonds is 1. The Morgan fingerprint density at radius 1 is 1.00 bits per heavy atom. The van der Waals surface area contributed by atoms with Gasteiger partial charge in [0.15, 0.2) is 0 Å². The van der Waals surface area contributed by atoms with Gasteiger partial charge in [-0.15, -0.1) is 0 Å². The standard InChI is InChI=1S/C12H13N3O/c1-2-11-12(14-4-3-13-11)9-10(1)15-5-7-16-8-6-15/h1-4,9H,5-8H2. The normalized spacial score (nSPS) is 16.6. The van der Waals surface area contributed by atoms with Gasteiger partial charge in [0.25, 0.3) is 0 Å². The van der Waals surface area contributed by atoms with Crippen LogP contribution in [0.15, 0.2) is 30.6 Å². The molecule has 1 aliphatic rings. The van der Waals surface area contributed by atoms with Crippen LogP contribution < -0.4 is 4.90 Å². The number of morpholine rings is 1. The molecule has 1 fully saturated rings. The van der Waals surface area contributed by atoms with Crippen LogP contribution in [0, 0.1) is 0 Å². The van der Waals surface area contributed by atoms with Crippen molar-refractivity contribution >= 4 is 16.7 Å². The van der Waals surface area contributed by atoms with E-state index in [-0.39, 0.29) is 0 Å². The lowest BCUT2D eigenvalue weighted by Gasteiger charge is -2.28. The molecule has 1 aromatic carbocycles. The monoisotopic (exact) mass is 215 g/mol. The van der Waals surface area contributed by atoms with E-state index < -0.39 is 0 Å². The molecule has 2 heterocycles. The zero-order valence-electron chi connectivity index (χ0n) is 8.97. The van der Waals surface area contributed by atoms with E-state index >= 15 is 0 Å². The summed E-state index contributed by atoms with van der Waals surface area (Å²) in [6.45, 7) is 3.51. The number of hydrogen-bond donors (Lipinski definition) is 0. The van der Waals surface area contributed by atoms with Gasteiger partial charge in [0.2, 0.25) is 0 Å². The van der Waals surface area contributed by atoms with Gasteiger partial charge in [-0.25, -0.2) is 0 Å². The first-order chi connectivity index (χ1) is 7.93. The number of ether oxygens (including phenoxy) is 1. The Bertz CT molecular complexity index is 494. The zero-order chi connectivity index (χ0) is 10.8. The lowest BCUT2D eigenvalue weighted by Crippen LogP contribution is -2.36. The third-order valence-corrected chi connectivity index (χ3v) is 2.83. The number of hydrogen-bond acceptors (Lipinski definition) is 4. The van der Waals surface area contributed by atoms with Crippen LogP contribution in [0.1, 0.15) is 0 Å². The Balaban J connectivity index is 1.97. The van der Waals surface area contributed by atoms with Crippen LogP contribution in [0.4, 0.5) is 5.69 Å². The van der Waals surface area contributed by atoms with Crippen LogP contribution in [-0.4, -0.2) is 36.3 Å². The molecule has 82 valence electrons. The van der Waals surface area contributed by atoms with Gasteiger partial charge in [-0.05, 0) is 18.2 Å². The Hall–Kier alpha value is -1.68. The second-order valence-electron chi connectivity index (χ2n) is 3.83. The van der Waals surface area contributed by atoms with Crippen molar-refractivity contribution in [3.05, 3.63) is 30.6 Å². The third kappa shape index (κ3) is 1.72. The quantitative estimate of drug-likeness (QED) is 0.722. The fourth-order valence-corrected chi connectivity index (χ4v) is 1.97. The van der Waals surface area contributed by atoms with Gasteiger partial charge < -0.3 is 9.64 Å². The highest BCUT2D eigenvalue weighted by Crippen LogP contribution is 2.19. The Morgan fingerprint density at radius 3 is 2.56 bits per heavy atom. The predicted octanol–water partition coefficient (Wildman–Crippen LogP) is 1.47. The maximum absolute atomic E-state index is 5.34. The first-order valence-electron chi connectivity index (χ1n) is 5.47. The van der Waals surface area contributed by atoms with E-state index in [2.05, 4.69) is 27.0 Å². The average Bonchev–Trinajstić information content (AvgIpc) is 2.39. The maximum atomic E-state index is 5.34. The fraction of sp³-hybridized carbons (Fsp3) is 0.333. The summed E-state index contributed by atoms with van der Waals surface area (Å²) >= 11 is 0. The first-order valence-corrected chi connectivity index (χ1v) is 5.47. The Labute approximate surface area is 93.9 Å². The fourth-order valence-electron chi connectivity index (χ4n) is 1.97. The molecular weight excluding hydrogens is 202 g/mol. The van der Waals surface area contributed by atoms with Crippen molar-refractivity contribution < 1.29 is 4.74 Å². The molecule has 0 amide bonds. The lowest BCUT2D eigenvalue weighted by atomic mass is 10.2. The van der Waals surface area contributed by atoms with E-state index in [1.54, 1.807) is 12.4 Å². The van der Waals surface area contributed by atoms with Crippen molar-refractivity contribution in [1.82, 2.24) is 9.97 Å². The predicted molar refractivity (Wildman–Crippen MR) is 62.6 cm³/mol. The molecule has 0 saturated carbocycles. The molecule has 2 aromatic rings. The number of aromatic nitrogens is 2. The highest BCUT2D eigenvalue weighted by atomic mass is 16.5. The topological polar surface area (TPSA) is 38.2 Å². The molecule has 0 bridgehead atoms. The van der Waals surface area contributed by atoms with Gasteiger partial charge in [-0.2, -0.15) is 0 Å². The third-order valence-electron chi connectivity index (χ3n) is 2.83. The highest BCUT2D eigenvalue weighted by molar-refractivity contribution is 5.78. The van der Waals surface area contributed by atoms with Gasteiger partial charge in [0.05, 0.1) is 24.2 Å². The SMILES string of the molecule is c1cnc2cc(N3CCOCC3)ccc2n1. The van der Waals surface area contributed by atoms with E-state index in [1.165, 1.54) is 5.69 Å². The molecule has 0 N–H and O–H groups in total. The van der Waals surface area contributed by atoms with E-state index in [1.807, 2.05) is 6.07 Å². The molecule has 0 unspecified atom stereocenters. The Kier molecular flexibility index (Phi) is 2.42. The second-order valence-corrected chi connectivity index (χ2v) is 3.83. The van der Waals surface area contributed by atoms with E-state index in [4.69, 9.17) is 4.74 Å². The first kappa shape index (κ1) is 9.54. The molecule has 0 aliphatic carbocycles. The van der Waals surface area contributed by atoms with Crippen LogP contribution in [-0.2, 0) is 4.74 Å². The minimum Gasteiger partial charge on any atom is -0.378 e. The number of anilines is 1. The summed E-state index contributed by atoms with van der Waals surface area (Å²) in [5.74, 6) is 0. The smallest absolute Gasteiger partial charge is 0.0907 e. The van der Waals surface area contributed by atoms with Gasteiger partial charge in [0, 0.05) is 31.2 Å². The van der Waals surface area contributed by atoms with E-state index in [9.17, 15) is 0 Å². The molecular formula is C12H13N3O. The van der Waals surface area contributed by atoms with Crippen LogP contribution in [0.3, 0.4) is 0 Å². The Morgan fingerprint density at radius 2 is 1.75 bits per heavy atom. The molecule has 0 atom stereocenters. The highest BCUT2D eigenvalue weighted by Gasteiger charge is 2.11. The molecule has 1 saturated heterocycles. The van der Waals surface area contributed by atoms with E-state index in [0.717, 1.165) is 37.3 Å². The summed E-state index contributed by atoms with van der Waals surface area (Å²) in [5, 5.41) is 0. The van der Waals surface area contributed by atoms with Gasteiger partial charge in [-0.3, -0.25) is 9.97 Å². The van der Waals surface area contributed by atoms with Crippen molar-refractivity contribution in [1.29, 1.82) is 0 Å². The van der Waals surface area contributed by atoms with Crippen molar-refractivity contribution in [2.24, 2.45) is 0 Å². The molecule has 1 aromatic heterocycles. The van der Waals surface area contributed by atoms with Crippen molar-refractivity contribution in [2.75, 3.05) is 31.2 Å². The minimum atomic E-state index is 0.804. The number of benzene rings is 1. The molecule has 16 heavy (non-hydrogen) atoms. The van der Waals surface area contributed by atoms with Crippen LogP contribution in [0.5, 0.6) is 0 Å². The summed E-state index contributed by atoms with van der Waals surface area (Å²) in [4.78, 5) is 10.9. The molecule has 3 rings (SSSR count). The van der Waals surface area contributed by atoms with Crippen LogP contribution in [0.25, 0.3) is 11.0 Å². The van der Waals surface area contributed by atoms with Crippen molar-refractivity contribution in [2.45, 2.75) is 0 Å². The molecule has 0 spiro atoms. The summed E-state index contributed by atoms with van der Waals surface area (Å²) in [7, 11) is 0. The van der Waals surface area contributed by atoms with Crippen molar-refractivity contribution in [3.63, 3.8) is 0 Å². The lowest BCUT2D eigenvalue weighted by molar-refractivity contribution is 0.122. The number of nitrogens with zero attached hydrogens (tertiary/aromatic N) is 3. The molecule has 4 heteroatoms. The number of fused-ring (bicyclic) bond motifs is 1. The summed E-state index contributed by atoms with van der Waals surface area (Å²) in [6, 6.07) is 6.21. The van der Waals surface area contributed by atoms with Gasteiger partial charge in [0.1, 0.15) is 0 Å². The average molecular weight is 215 g/mol. The summed E-state index contributed by atoms with van der Waals surface area (Å²) in [6.07, 6.45) is 3.45. The van der Waals surface area contributed by atoms with E-state index in [0.29, 0.717) is 0 Å². The minimum absolute atomic E-state index is 0.804. The molecule has 1 aliphatic heterocycles. The van der Waals surface area contributed by atoms with Gasteiger partial charge in [-0.1, -0.05) is 0 Å². The second kappa shape index (κ2) is 4.06. The molecule has 0 radical (unpaired) electrons. The molecule has 4 nitrogen and oxygen atoms in total. The van der Waals surface area contributed by atoms with Gasteiger partial charge >= 0.3 is 0 Å². The zero-order valence-corrected chi connectivity index (χ0v) is 8.97. The summed E-state index contributed by atoms with van der Waals surface area (Å²) < 4.78 is 5.34. The largest absolute Gasteiger partial charge is 0.378 e. The van der Waals surface area contributed by atoms with Crippen LogP contribution >= 0.6 is 0 Å². The van der Waals surface area contributed by atoms with Crippen LogP contribution in [0.2, 0.25) is 0 Å².